The summed E-state index contributed by atoms with van der Waals surface area (Å²) in [6.07, 6.45) is 1.06. The molecule has 0 unspecified atom stereocenters. The van der Waals surface area contributed by atoms with Crippen molar-refractivity contribution >= 4 is 34.2 Å². The van der Waals surface area contributed by atoms with E-state index in [1.165, 1.54) is 12.1 Å². The largest absolute Gasteiger partial charge is 0.481 e. The molecule has 0 heterocycles. The number of carbonyl (C=O) groups excluding carboxylic acids is 1. The van der Waals surface area contributed by atoms with E-state index in [0.29, 0.717) is 17.6 Å². The van der Waals surface area contributed by atoms with E-state index in [2.05, 4.69) is 33.5 Å². The Kier molecular flexibility index (Phi) is 10.4. The third-order valence-corrected chi connectivity index (χ3v) is 2.80. The van der Waals surface area contributed by atoms with Crippen LogP contribution in [0.1, 0.15) is 13.3 Å². The van der Waals surface area contributed by atoms with Crippen LogP contribution in [-0.4, -0.2) is 32.1 Å². The average Bonchev–Trinajstić information content (AvgIpc) is 2.37. The van der Waals surface area contributed by atoms with Crippen molar-refractivity contribution in [3.8, 4) is 5.75 Å². The van der Waals surface area contributed by atoms with Crippen molar-refractivity contribution < 1.29 is 13.9 Å². The first-order valence-corrected chi connectivity index (χ1v) is 6.98. The predicted molar refractivity (Wildman–Crippen MR) is 83.0 cm³/mol. The molecule has 0 fully saturated rings. The van der Waals surface area contributed by atoms with Crippen LogP contribution in [0.5, 0.6) is 5.75 Å². The standard InChI is InChI=1S/C13H18BrFN2O2.ClH/c1-2-5-16-6-7-17-13(18)9-19-12-4-3-10(14)8-11(12)15;/h3-4,8,16H,2,5-7,9H2,1H3,(H,17,18);1H. The first-order valence-electron chi connectivity index (χ1n) is 6.18. The Labute approximate surface area is 133 Å². The molecule has 114 valence electrons. The Morgan fingerprint density at radius 3 is 2.75 bits per heavy atom. The van der Waals surface area contributed by atoms with Crippen LogP contribution in [-0.2, 0) is 4.79 Å². The highest BCUT2D eigenvalue weighted by Crippen LogP contribution is 2.21. The first kappa shape index (κ1) is 19.1. The van der Waals surface area contributed by atoms with Crippen LogP contribution < -0.4 is 15.4 Å². The molecular formula is C13H19BrClFN2O2. The van der Waals surface area contributed by atoms with E-state index in [0.717, 1.165) is 13.0 Å². The van der Waals surface area contributed by atoms with Gasteiger partial charge in [-0.2, -0.15) is 0 Å². The van der Waals surface area contributed by atoms with E-state index >= 15 is 0 Å². The number of nitrogens with one attached hydrogen (secondary N) is 2. The second-order valence-electron chi connectivity index (χ2n) is 3.96. The number of carbonyl (C=O) groups is 1. The lowest BCUT2D eigenvalue weighted by atomic mass is 10.3. The van der Waals surface area contributed by atoms with Gasteiger partial charge in [-0.3, -0.25) is 4.79 Å². The van der Waals surface area contributed by atoms with Crippen molar-refractivity contribution in [2.24, 2.45) is 0 Å². The molecule has 1 rings (SSSR count). The van der Waals surface area contributed by atoms with Gasteiger partial charge in [0.25, 0.3) is 5.91 Å². The van der Waals surface area contributed by atoms with Crippen molar-refractivity contribution in [3.05, 3.63) is 28.5 Å². The molecule has 1 aromatic carbocycles. The molecule has 0 radical (unpaired) electrons. The van der Waals surface area contributed by atoms with E-state index in [4.69, 9.17) is 4.74 Å². The number of halogens is 3. The summed E-state index contributed by atoms with van der Waals surface area (Å²) >= 11 is 3.15. The highest BCUT2D eigenvalue weighted by atomic mass is 79.9. The monoisotopic (exact) mass is 368 g/mol. The lowest BCUT2D eigenvalue weighted by Crippen LogP contribution is -2.35. The van der Waals surface area contributed by atoms with Crippen LogP contribution in [0.25, 0.3) is 0 Å². The summed E-state index contributed by atoms with van der Waals surface area (Å²) in [5.74, 6) is -0.685. The quantitative estimate of drug-likeness (QED) is 0.692. The van der Waals surface area contributed by atoms with E-state index in [1.807, 2.05) is 0 Å². The van der Waals surface area contributed by atoms with Crippen molar-refractivity contribution in [1.82, 2.24) is 10.6 Å². The van der Waals surface area contributed by atoms with Crippen LogP contribution in [0.3, 0.4) is 0 Å². The van der Waals surface area contributed by atoms with Gasteiger partial charge in [0.05, 0.1) is 0 Å². The fourth-order valence-electron chi connectivity index (χ4n) is 1.38. The van der Waals surface area contributed by atoms with Gasteiger partial charge in [0.1, 0.15) is 0 Å². The predicted octanol–water partition coefficient (Wildman–Crippen LogP) is 2.50. The topological polar surface area (TPSA) is 50.4 Å². The van der Waals surface area contributed by atoms with Crippen LogP contribution >= 0.6 is 28.3 Å². The molecule has 0 aliphatic rings. The summed E-state index contributed by atoms with van der Waals surface area (Å²) in [6, 6.07) is 4.43. The minimum Gasteiger partial charge on any atom is -0.481 e. The molecule has 0 atom stereocenters. The molecule has 1 aromatic rings. The smallest absolute Gasteiger partial charge is 0.257 e. The third kappa shape index (κ3) is 7.67. The van der Waals surface area contributed by atoms with E-state index in [1.54, 1.807) is 6.07 Å². The molecule has 0 spiro atoms. The molecule has 4 nitrogen and oxygen atoms in total. The SMILES string of the molecule is CCCNCCNC(=O)COc1ccc(Br)cc1F.Cl. The van der Waals surface area contributed by atoms with Gasteiger partial charge in [0.2, 0.25) is 0 Å². The van der Waals surface area contributed by atoms with Crippen LogP contribution in [0, 0.1) is 5.82 Å². The van der Waals surface area contributed by atoms with Crippen molar-refractivity contribution in [3.63, 3.8) is 0 Å². The lowest BCUT2D eigenvalue weighted by molar-refractivity contribution is -0.123. The molecule has 0 aliphatic heterocycles. The van der Waals surface area contributed by atoms with Gasteiger partial charge in [-0.1, -0.05) is 22.9 Å². The zero-order chi connectivity index (χ0) is 14.1. The van der Waals surface area contributed by atoms with E-state index in [9.17, 15) is 9.18 Å². The van der Waals surface area contributed by atoms with Gasteiger partial charge in [-0.15, -0.1) is 12.4 Å². The second kappa shape index (κ2) is 10.9. The van der Waals surface area contributed by atoms with Gasteiger partial charge in [-0.25, -0.2) is 4.39 Å². The summed E-state index contributed by atoms with van der Waals surface area (Å²) in [4.78, 5) is 11.4. The van der Waals surface area contributed by atoms with Crippen LogP contribution in [0.15, 0.2) is 22.7 Å². The number of rotatable bonds is 8. The Balaban J connectivity index is 0.00000361. The second-order valence-corrected chi connectivity index (χ2v) is 4.88. The number of benzene rings is 1. The Morgan fingerprint density at radius 1 is 1.35 bits per heavy atom. The molecule has 2 N–H and O–H groups in total. The molecule has 0 aromatic heterocycles. The number of ether oxygens (including phenoxy) is 1. The molecule has 7 heteroatoms. The molecule has 1 amide bonds. The van der Waals surface area contributed by atoms with E-state index in [-0.39, 0.29) is 30.7 Å². The molecule has 20 heavy (non-hydrogen) atoms. The maximum atomic E-state index is 13.4. The summed E-state index contributed by atoms with van der Waals surface area (Å²) in [5, 5.41) is 5.84. The van der Waals surface area contributed by atoms with Crippen molar-refractivity contribution in [2.75, 3.05) is 26.2 Å². The number of hydrogen-bond acceptors (Lipinski definition) is 3. The van der Waals surface area contributed by atoms with Crippen LogP contribution in [0.2, 0.25) is 0 Å². The third-order valence-electron chi connectivity index (χ3n) is 2.30. The van der Waals surface area contributed by atoms with Gasteiger partial charge in [0, 0.05) is 17.6 Å². The highest BCUT2D eigenvalue weighted by molar-refractivity contribution is 9.10. The Morgan fingerprint density at radius 2 is 2.10 bits per heavy atom. The van der Waals surface area contributed by atoms with Gasteiger partial charge in [-0.05, 0) is 31.2 Å². The summed E-state index contributed by atoms with van der Waals surface area (Å²) in [6.45, 7) is 4.06. The normalized spacial score (nSPS) is 9.75. The molecular weight excluding hydrogens is 351 g/mol. The zero-order valence-corrected chi connectivity index (χ0v) is 13.7. The fraction of sp³-hybridized carbons (Fsp3) is 0.462. The Bertz CT molecular complexity index is 421. The minimum absolute atomic E-state index is 0. The lowest BCUT2D eigenvalue weighted by Gasteiger charge is -2.08. The van der Waals surface area contributed by atoms with Crippen molar-refractivity contribution in [1.29, 1.82) is 0 Å². The number of amides is 1. The highest BCUT2D eigenvalue weighted by Gasteiger charge is 2.06. The first-order chi connectivity index (χ1) is 9.13. The molecule has 0 bridgehead atoms. The summed E-state index contributed by atoms with van der Waals surface area (Å²) < 4.78 is 19.1. The molecule has 0 saturated heterocycles. The average molecular weight is 370 g/mol. The fourth-order valence-corrected chi connectivity index (χ4v) is 1.71. The maximum Gasteiger partial charge on any atom is 0.257 e. The van der Waals surface area contributed by atoms with Gasteiger partial charge >= 0.3 is 0 Å². The summed E-state index contributed by atoms with van der Waals surface area (Å²) in [7, 11) is 0. The van der Waals surface area contributed by atoms with Crippen molar-refractivity contribution in [2.45, 2.75) is 13.3 Å². The summed E-state index contributed by atoms with van der Waals surface area (Å²) in [5.41, 5.74) is 0. The Hall–Kier alpha value is -0.850. The zero-order valence-electron chi connectivity index (χ0n) is 11.2. The molecule has 0 saturated carbocycles. The maximum absolute atomic E-state index is 13.4. The van der Waals surface area contributed by atoms with Crippen LogP contribution in [0.4, 0.5) is 4.39 Å². The van der Waals surface area contributed by atoms with Gasteiger partial charge in [0.15, 0.2) is 18.2 Å². The molecule has 0 aliphatic carbocycles. The van der Waals surface area contributed by atoms with E-state index < -0.39 is 5.82 Å². The number of hydrogen-bond donors (Lipinski definition) is 2. The van der Waals surface area contributed by atoms with Gasteiger partial charge < -0.3 is 15.4 Å². The minimum atomic E-state index is -0.494.